The minimum Gasteiger partial charge on any atom is -0.495 e. The number of ether oxygens (including phenoxy) is 1. The fourth-order valence-electron chi connectivity index (χ4n) is 1.45. The van der Waals surface area contributed by atoms with Crippen molar-refractivity contribution in [1.29, 1.82) is 0 Å². The molecule has 0 aliphatic rings. The Morgan fingerprint density at radius 2 is 2.10 bits per heavy atom. The van der Waals surface area contributed by atoms with E-state index in [0.717, 1.165) is 6.07 Å². The smallest absolute Gasteiger partial charge is 0.335 e. The van der Waals surface area contributed by atoms with E-state index in [4.69, 9.17) is 9.84 Å². The molecule has 20 heavy (non-hydrogen) atoms. The fourth-order valence-corrected chi connectivity index (χ4v) is 2.71. The molecule has 112 valence electrons. The second-order valence-corrected chi connectivity index (χ2v) is 5.82. The third-order valence-electron chi connectivity index (χ3n) is 2.68. The number of hydrogen-bond donors (Lipinski definition) is 3. The summed E-state index contributed by atoms with van der Waals surface area (Å²) in [6.07, 6.45) is -0.409. The van der Waals surface area contributed by atoms with Gasteiger partial charge in [-0.25, -0.2) is 17.9 Å². The molecule has 0 heterocycles. The maximum atomic E-state index is 12.1. The lowest BCUT2D eigenvalue weighted by molar-refractivity contribution is 0.0696. The molecule has 0 aliphatic carbocycles. The van der Waals surface area contributed by atoms with Crippen molar-refractivity contribution in [2.24, 2.45) is 0 Å². The van der Waals surface area contributed by atoms with E-state index in [-0.39, 0.29) is 22.8 Å². The highest BCUT2D eigenvalue weighted by Crippen LogP contribution is 2.24. The molecule has 0 radical (unpaired) electrons. The van der Waals surface area contributed by atoms with E-state index in [2.05, 4.69) is 4.72 Å². The van der Waals surface area contributed by atoms with Crippen molar-refractivity contribution in [2.45, 2.75) is 24.3 Å². The number of methoxy groups -OCH3 is 1. The molecular weight excluding hydrogens is 286 g/mol. The number of aromatic carboxylic acids is 1. The normalized spacial score (nSPS) is 12.9. The Morgan fingerprint density at radius 1 is 1.45 bits per heavy atom. The van der Waals surface area contributed by atoms with Gasteiger partial charge in [-0.1, -0.05) is 6.92 Å². The van der Waals surface area contributed by atoms with Gasteiger partial charge < -0.3 is 14.9 Å². The maximum absolute atomic E-state index is 12.1. The molecule has 3 N–H and O–H groups in total. The van der Waals surface area contributed by atoms with Crippen LogP contribution in [0.5, 0.6) is 5.75 Å². The number of sulfonamides is 1. The van der Waals surface area contributed by atoms with Gasteiger partial charge in [0.2, 0.25) is 10.0 Å². The summed E-state index contributed by atoms with van der Waals surface area (Å²) in [5, 5.41) is 18.3. The topological polar surface area (TPSA) is 113 Å². The van der Waals surface area contributed by atoms with Gasteiger partial charge in [0.05, 0.1) is 18.8 Å². The largest absolute Gasteiger partial charge is 0.495 e. The van der Waals surface area contributed by atoms with Crippen LogP contribution in [0.4, 0.5) is 0 Å². The van der Waals surface area contributed by atoms with Crippen LogP contribution in [0.15, 0.2) is 23.1 Å². The average Bonchev–Trinajstić information content (AvgIpc) is 2.43. The van der Waals surface area contributed by atoms with Crippen LogP contribution < -0.4 is 9.46 Å². The van der Waals surface area contributed by atoms with Crippen LogP contribution in [0, 0.1) is 0 Å². The third kappa shape index (κ3) is 3.92. The zero-order valence-corrected chi connectivity index (χ0v) is 12.0. The molecule has 1 aromatic carbocycles. The fraction of sp³-hybridized carbons (Fsp3) is 0.417. The molecule has 1 rings (SSSR count). The summed E-state index contributed by atoms with van der Waals surface area (Å²) < 4.78 is 31.4. The lowest BCUT2D eigenvalue weighted by Gasteiger charge is -2.13. The van der Waals surface area contributed by atoms with Crippen LogP contribution >= 0.6 is 0 Å². The maximum Gasteiger partial charge on any atom is 0.335 e. The Bertz CT molecular complexity index is 584. The van der Waals surface area contributed by atoms with Gasteiger partial charge in [0.15, 0.2) is 0 Å². The molecule has 0 aromatic heterocycles. The number of carboxylic acids is 1. The first kappa shape index (κ1) is 16.4. The second-order valence-electron chi connectivity index (χ2n) is 4.08. The third-order valence-corrected chi connectivity index (χ3v) is 4.13. The summed E-state index contributed by atoms with van der Waals surface area (Å²) in [6, 6.07) is 3.54. The number of aliphatic hydroxyl groups excluding tert-OH is 1. The van der Waals surface area contributed by atoms with Crippen molar-refractivity contribution in [2.75, 3.05) is 13.7 Å². The van der Waals surface area contributed by atoms with E-state index < -0.39 is 22.1 Å². The van der Waals surface area contributed by atoms with Crippen LogP contribution in [0.1, 0.15) is 23.7 Å². The highest BCUT2D eigenvalue weighted by molar-refractivity contribution is 7.89. The molecular formula is C12H17NO6S. The van der Waals surface area contributed by atoms with E-state index in [1.807, 2.05) is 0 Å². The highest BCUT2D eigenvalue weighted by atomic mass is 32.2. The first-order valence-electron chi connectivity index (χ1n) is 5.91. The number of hydrogen-bond acceptors (Lipinski definition) is 5. The van der Waals surface area contributed by atoms with Gasteiger partial charge >= 0.3 is 5.97 Å². The van der Waals surface area contributed by atoms with Gasteiger partial charge in [0, 0.05) is 6.54 Å². The second kappa shape index (κ2) is 6.69. The summed E-state index contributed by atoms with van der Waals surface area (Å²) in [5.74, 6) is -1.20. The van der Waals surface area contributed by atoms with Crippen molar-refractivity contribution in [3.63, 3.8) is 0 Å². The summed E-state index contributed by atoms with van der Waals surface area (Å²) in [7, 11) is -2.68. The lowest BCUT2D eigenvalue weighted by atomic mass is 10.2. The molecule has 1 atom stereocenters. The molecule has 7 nitrogen and oxygen atoms in total. The molecule has 0 amide bonds. The van der Waals surface area contributed by atoms with Crippen LogP contribution in [0.25, 0.3) is 0 Å². The van der Waals surface area contributed by atoms with E-state index in [0.29, 0.717) is 6.42 Å². The summed E-state index contributed by atoms with van der Waals surface area (Å²) in [6.45, 7) is 1.56. The van der Waals surface area contributed by atoms with Crippen LogP contribution in [0.2, 0.25) is 0 Å². The van der Waals surface area contributed by atoms with Gasteiger partial charge in [0.25, 0.3) is 0 Å². The number of nitrogens with one attached hydrogen (secondary N) is 1. The SMILES string of the molecule is CCC(O)CNS(=O)(=O)c1cc(C(=O)O)ccc1OC. The van der Waals surface area contributed by atoms with E-state index in [1.54, 1.807) is 6.92 Å². The average molecular weight is 303 g/mol. The van der Waals surface area contributed by atoms with Crippen molar-refractivity contribution < 1.29 is 28.2 Å². The zero-order chi connectivity index (χ0) is 15.3. The Hall–Kier alpha value is -1.64. The van der Waals surface area contributed by atoms with Crippen LogP contribution in [-0.4, -0.2) is 44.4 Å². The number of benzene rings is 1. The first-order valence-corrected chi connectivity index (χ1v) is 7.39. The predicted octanol–water partition coefficient (Wildman–Crippen LogP) is 0.443. The molecule has 0 aliphatic heterocycles. The number of rotatable bonds is 7. The van der Waals surface area contributed by atoms with E-state index in [1.165, 1.54) is 19.2 Å². The summed E-state index contributed by atoms with van der Waals surface area (Å²) in [5.41, 5.74) is -0.165. The van der Waals surface area contributed by atoms with E-state index in [9.17, 15) is 18.3 Å². The lowest BCUT2D eigenvalue weighted by Crippen LogP contribution is -2.32. The Kier molecular flexibility index (Phi) is 5.49. The zero-order valence-electron chi connectivity index (χ0n) is 11.2. The minimum atomic E-state index is -3.96. The molecule has 1 aromatic rings. The molecule has 0 saturated carbocycles. The Balaban J connectivity index is 3.14. The monoisotopic (exact) mass is 303 g/mol. The van der Waals surface area contributed by atoms with Crippen molar-refractivity contribution in [3.05, 3.63) is 23.8 Å². The Labute approximate surface area is 117 Å². The molecule has 0 saturated heterocycles. The number of aliphatic hydroxyl groups is 1. The van der Waals surface area contributed by atoms with Gasteiger partial charge in [-0.15, -0.1) is 0 Å². The molecule has 1 unspecified atom stereocenters. The van der Waals surface area contributed by atoms with Crippen molar-refractivity contribution in [1.82, 2.24) is 4.72 Å². The number of carboxylic acid groups (broad SMARTS) is 1. The van der Waals surface area contributed by atoms with Gasteiger partial charge in [-0.2, -0.15) is 0 Å². The van der Waals surface area contributed by atoms with Crippen LogP contribution in [0.3, 0.4) is 0 Å². The minimum absolute atomic E-state index is 0.0356. The summed E-state index contributed by atoms with van der Waals surface area (Å²) >= 11 is 0. The highest BCUT2D eigenvalue weighted by Gasteiger charge is 2.22. The molecule has 0 bridgehead atoms. The van der Waals surface area contributed by atoms with Crippen molar-refractivity contribution >= 4 is 16.0 Å². The molecule has 0 fully saturated rings. The van der Waals surface area contributed by atoms with Gasteiger partial charge in [-0.05, 0) is 24.6 Å². The standard InChI is InChI=1S/C12H17NO6S/c1-3-9(14)7-13-20(17,18)11-6-8(12(15)16)4-5-10(11)19-2/h4-6,9,13-14H,3,7H2,1-2H3,(H,15,16). The van der Waals surface area contributed by atoms with E-state index >= 15 is 0 Å². The molecule has 0 spiro atoms. The molecule has 8 heteroatoms. The van der Waals surface area contributed by atoms with Gasteiger partial charge in [-0.3, -0.25) is 0 Å². The van der Waals surface area contributed by atoms with Gasteiger partial charge in [0.1, 0.15) is 10.6 Å². The quantitative estimate of drug-likeness (QED) is 0.674. The first-order chi connectivity index (χ1) is 9.31. The Morgan fingerprint density at radius 3 is 2.60 bits per heavy atom. The van der Waals surface area contributed by atoms with Crippen LogP contribution in [-0.2, 0) is 10.0 Å². The number of carbonyl (C=O) groups is 1. The van der Waals surface area contributed by atoms with Crippen molar-refractivity contribution in [3.8, 4) is 5.75 Å². The summed E-state index contributed by atoms with van der Waals surface area (Å²) in [4.78, 5) is 10.6. The predicted molar refractivity (Wildman–Crippen MR) is 71.4 cm³/mol.